The van der Waals surface area contributed by atoms with E-state index >= 15 is 0 Å². The van der Waals surface area contributed by atoms with Crippen LogP contribution in [0.15, 0.2) is 42.7 Å². The Morgan fingerprint density at radius 2 is 1.58 bits per heavy atom. The molecular weight excluding hydrogens is 232 g/mol. The van der Waals surface area contributed by atoms with E-state index in [1.165, 1.54) is 33.4 Å². The van der Waals surface area contributed by atoms with E-state index < -0.39 is 0 Å². The molecule has 0 fully saturated rings. The summed E-state index contributed by atoms with van der Waals surface area (Å²) in [6.07, 6.45) is 2.16. The van der Waals surface area contributed by atoms with E-state index in [0.717, 1.165) is 0 Å². The predicted octanol–water partition coefficient (Wildman–Crippen LogP) is 3.38. The van der Waals surface area contributed by atoms with E-state index in [1.54, 1.807) is 0 Å². The minimum atomic E-state index is 1.25. The fourth-order valence-corrected chi connectivity index (χ4v) is 2.99. The van der Waals surface area contributed by atoms with Crippen LogP contribution in [0.4, 0.5) is 0 Å². The lowest BCUT2D eigenvalue weighted by Crippen LogP contribution is -2.25. The molecule has 2 nitrogen and oxygen atoms in total. The number of aromatic nitrogens is 2. The normalized spacial score (nSPS) is 11.2. The fraction of sp³-hybridized carbons (Fsp3) is 0.235. The highest BCUT2D eigenvalue weighted by Crippen LogP contribution is 2.24. The molecule has 0 N–H and O–H groups in total. The molecule has 2 heteroatoms. The fourth-order valence-electron chi connectivity index (χ4n) is 2.99. The van der Waals surface area contributed by atoms with Crippen molar-refractivity contribution in [1.29, 1.82) is 0 Å². The first-order valence-electron chi connectivity index (χ1n) is 6.62. The molecule has 2 aromatic carbocycles. The zero-order valence-corrected chi connectivity index (χ0v) is 11.9. The number of para-hydroxylation sites is 2. The van der Waals surface area contributed by atoms with Gasteiger partial charge in [-0.3, -0.25) is 0 Å². The topological polar surface area (TPSA) is 8.81 Å². The molecule has 1 heterocycles. The molecule has 0 spiro atoms. The molecule has 0 aliphatic heterocycles. The Morgan fingerprint density at radius 1 is 0.947 bits per heavy atom. The smallest absolute Gasteiger partial charge is 0.232 e. The van der Waals surface area contributed by atoms with E-state index in [9.17, 15) is 0 Å². The summed E-state index contributed by atoms with van der Waals surface area (Å²) in [5.41, 5.74) is 7.75. The van der Waals surface area contributed by atoms with E-state index in [4.69, 9.17) is 0 Å². The Kier molecular flexibility index (Phi) is 2.67. The van der Waals surface area contributed by atoms with Crippen molar-refractivity contribution in [2.75, 3.05) is 0 Å². The second-order valence-corrected chi connectivity index (χ2v) is 5.33. The monoisotopic (exact) mass is 251 g/mol. The van der Waals surface area contributed by atoms with Crippen molar-refractivity contribution in [2.45, 2.75) is 20.8 Å². The van der Waals surface area contributed by atoms with Gasteiger partial charge in [0.1, 0.15) is 5.69 Å². The van der Waals surface area contributed by atoms with Gasteiger partial charge in [-0.25, -0.2) is 4.57 Å². The summed E-state index contributed by atoms with van der Waals surface area (Å²) in [7, 11) is 2.09. The summed E-state index contributed by atoms with van der Waals surface area (Å²) in [5.74, 6) is 0. The van der Waals surface area contributed by atoms with E-state index in [2.05, 4.69) is 79.7 Å². The van der Waals surface area contributed by atoms with Gasteiger partial charge in [0.2, 0.25) is 6.33 Å². The largest absolute Gasteiger partial charge is 0.249 e. The molecule has 1 aromatic heterocycles. The predicted molar refractivity (Wildman–Crippen MR) is 78.7 cm³/mol. The molecular formula is C17H19N2+. The summed E-state index contributed by atoms with van der Waals surface area (Å²) in [6.45, 7) is 6.52. The zero-order chi connectivity index (χ0) is 13.6. The minimum Gasteiger partial charge on any atom is -0.232 e. The first-order valence-corrected chi connectivity index (χ1v) is 6.62. The number of imidazole rings is 1. The molecule has 96 valence electrons. The van der Waals surface area contributed by atoms with Crippen LogP contribution in [0.1, 0.15) is 16.7 Å². The summed E-state index contributed by atoms with van der Waals surface area (Å²) >= 11 is 0. The van der Waals surface area contributed by atoms with Gasteiger partial charge in [0.25, 0.3) is 0 Å². The van der Waals surface area contributed by atoms with Crippen LogP contribution in [-0.4, -0.2) is 4.57 Å². The molecule has 0 amide bonds. The molecule has 0 aliphatic rings. The van der Waals surface area contributed by atoms with Crippen molar-refractivity contribution < 1.29 is 4.57 Å². The number of hydrogen-bond acceptors (Lipinski definition) is 0. The second kappa shape index (κ2) is 4.23. The number of benzene rings is 2. The summed E-state index contributed by atoms with van der Waals surface area (Å²) in [4.78, 5) is 0. The number of rotatable bonds is 1. The maximum absolute atomic E-state index is 2.29. The molecule has 0 saturated carbocycles. The Hall–Kier alpha value is -2.09. The molecule has 19 heavy (non-hydrogen) atoms. The third-order valence-electron chi connectivity index (χ3n) is 3.69. The highest BCUT2D eigenvalue weighted by molar-refractivity contribution is 5.75. The number of fused-ring (bicyclic) bond motifs is 1. The van der Waals surface area contributed by atoms with Gasteiger partial charge in [0, 0.05) is 0 Å². The molecule has 0 bridgehead atoms. The van der Waals surface area contributed by atoms with Crippen LogP contribution in [-0.2, 0) is 7.05 Å². The van der Waals surface area contributed by atoms with Crippen LogP contribution in [0.2, 0.25) is 0 Å². The Bertz CT molecular complexity index is 743. The van der Waals surface area contributed by atoms with Gasteiger partial charge in [-0.15, -0.1) is 0 Å². The average molecular weight is 251 g/mol. The van der Waals surface area contributed by atoms with Gasteiger partial charge >= 0.3 is 0 Å². The summed E-state index contributed by atoms with van der Waals surface area (Å²) < 4.78 is 4.47. The maximum Gasteiger partial charge on any atom is 0.249 e. The molecule has 0 aliphatic carbocycles. The lowest BCUT2D eigenvalue weighted by atomic mass is 10.0. The minimum absolute atomic E-state index is 1.25. The van der Waals surface area contributed by atoms with Crippen LogP contribution < -0.4 is 4.57 Å². The third-order valence-corrected chi connectivity index (χ3v) is 3.69. The summed E-state index contributed by atoms with van der Waals surface area (Å²) in [6, 6.07) is 13.0. The van der Waals surface area contributed by atoms with Crippen LogP contribution in [0.5, 0.6) is 0 Å². The van der Waals surface area contributed by atoms with E-state index in [-0.39, 0.29) is 0 Å². The molecule has 0 atom stereocenters. The van der Waals surface area contributed by atoms with Gasteiger partial charge in [0.05, 0.1) is 7.05 Å². The van der Waals surface area contributed by atoms with Crippen LogP contribution >= 0.6 is 0 Å². The maximum atomic E-state index is 2.29. The third kappa shape index (κ3) is 1.84. The Balaban J connectivity index is 2.37. The van der Waals surface area contributed by atoms with Crippen molar-refractivity contribution in [1.82, 2.24) is 4.57 Å². The van der Waals surface area contributed by atoms with Gasteiger partial charge in [-0.1, -0.05) is 29.8 Å². The molecule has 3 rings (SSSR count). The zero-order valence-electron chi connectivity index (χ0n) is 11.9. The summed E-state index contributed by atoms with van der Waals surface area (Å²) in [5, 5.41) is 0. The van der Waals surface area contributed by atoms with Crippen molar-refractivity contribution in [3.63, 3.8) is 0 Å². The second-order valence-electron chi connectivity index (χ2n) is 5.33. The lowest BCUT2D eigenvalue weighted by molar-refractivity contribution is -0.645. The van der Waals surface area contributed by atoms with Crippen molar-refractivity contribution in [3.8, 4) is 5.69 Å². The first kappa shape index (κ1) is 12.0. The van der Waals surface area contributed by atoms with Crippen molar-refractivity contribution in [2.24, 2.45) is 7.05 Å². The van der Waals surface area contributed by atoms with Crippen LogP contribution in [0.25, 0.3) is 16.7 Å². The molecule has 0 saturated heterocycles. The molecule has 0 unspecified atom stereocenters. The first-order chi connectivity index (χ1) is 9.08. The van der Waals surface area contributed by atoms with Crippen LogP contribution in [0, 0.1) is 20.8 Å². The average Bonchev–Trinajstić information content (AvgIpc) is 2.67. The highest BCUT2D eigenvalue weighted by atomic mass is 15.1. The number of hydrogen-bond donors (Lipinski definition) is 0. The molecule has 0 radical (unpaired) electrons. The van der Waals surface area contributed by atoms with Gasteiger partial charge in [-0.05, 0) is 44.0 Å². The molecule has 3 aromatic rings. The van der Waals surface area contributed by atoms with Gasteiger partial charge < -0.3 is 0 Å². The Labute approximate surface area is 113 Å². The van der Waals surface area contributed by atoms with Gasteiger partial charge in [-0.2, -0.15) is 4.57 Å². The quantitative estimate of drug-likeness (QED) is 0.586. The number of aryl methyl sites for hydroxylation is 4. The SMILES string of the molecule is Cc1cc(C)c(-n2c[n+](C)c3ccccc32)c(C)c1. The standard InChI is InChI=1S/C17H19N2/c1-12-9-13(2)17(14(3)10-12)19-11-18(4)15-7-5-6-8-16(15)19/h5-11H,1-4H3/q+1. The van der Waals surface area contributed by atoms with E-state index in [1.807, 2.05) is 0 Å². The Morgan fingerprint density at radius 3 is 2.26 bits per heavy atom. The van der Waals surface area contributed by atoms with Crippen molar-refractivity contribution >= 4 is 11.0 Å². The van der Waals surface area contributed by atoms with Crippen LogP contribution in [0.3, 0.4) is 0 Å². The van der Waals surface area contributed by atoms with E-state index in [0.29, 0.717) is 0 Å². The van der Waals surface area contributed by atoms with Gasteiger partial charge in [0.15, 0.2) is 11.0 Å². The lowest BCUT2D eigenvalue weighted by Gasteiger charge is -2.07. The highest BCUT2D eigenvalue weighted by Gasteiger charge is 2.18. The van der Waals surface area contributed by atoms with Crippen molar-refractivity contribution in [3.05, 3.63) is 59.4 Å². The number of nitrogens with zero attached hydrogens (tertiary/aromatic N) is 2.